The average molecular weight is 426 g/mol. The third-order valence-electron chi connectivity index (χ3n) is 5.16. The van der Waals surface area contributed by atoms with Gasteiger partial charge in [-0.05, 0) is 18.4 Å². The van der Waals surface area contributed by atoms with Crippen LogP contribution in [0.1, 0.15) is 41.6 Å². The van der Waals surface area contributed by atoms with Gasteiger partial charge in [-0.3, -0.25) is 14.4 Å². The van der Waals surface area contributed by atoms with Crippen molar-refractivity contribution < 1.29 is 24.3 Å². The molecule has 1 N–H and O–H groups in total. The normalized spacial score (nSPS) is 17.9. The molecule has 3 atom stereocenters. The van der Waals surface area contributed by atoms with Gasteiger partial charge in [-0.15, -0.1) is 0 Å². The third kappa shape index (κ3) is 4.79. The summed E-state index contributed by atoms with van der Waals surface area (Å²) in [5, 5.41) is 8.26. The first-order chi connectivity index (χ1) is 14.4. The summed E-state index contributed by atoms with van der Waals surface area (Å²) in [7, 11) is 0. The Morgan fingerprint density at radius 3 is 2.17 bits per heavy atom. The average Bonchev–Trinajstić information content (AvgIpc) is 3.24. The minimum Gasteiger partial charge on any atom is -0.480 e. The molecule has 1 aliphatic heterocycles. The molecular formula is C23H23NO5S. The van der Waals surface area contributed by atoms with Gasteiger partial charge in [0.2, 0.25) is 5.91 Å². The Morgan fingerprint density at radius 1 is 1.00 bits per heavy atom. The maximum atomic E-state index is 13.6. The van der Waals surface area contributed by atoms with Crippen molar-refractivity contribution in [3.05, 3.63) is 71.8 Å². The van der Waals surface area contributed by atoms with E-state index in [1.54, 1.807) is 60.7 Å². The predicted molar refractivity (Wildman–Crippen MR) is 114 cm³/mol. The molecule has 0 unspecified atom stereocenters. The van der Waals surface area contributed by atoms with Crippen molar-refractivity contribution in [2.75, 3.05) is 6.54 Å². The number of likely N-dealkylation sites (tertiary alicyclic amines) is 1. The number of carboxylic acids is 1. The molecule has 3 rings (SSSR count). The van der Waals surface area contributed by atoms with Crippen LogP contribution in [0.15, 0.2) is 60.7 Å². The summed E-state index contributed by atoms with van der Waals surface area (Å²) in [6.45, 7) is 1.68. The number of nitrogens with zero attached hydrogens (tertiary/aromatic N) is 1. The minimum absolute atomic E-state index is 0.283. The van der Waals surface area contributed by atoms with Gasteiger partial charge in [-0.25, -0.2) is 4.79 Å². The Morgan fingerprint density at radius 2 is 1.60 bits per heavy atom. The topological polar surface area (TPSA) is 91.8 Å². The quantitative estimate of drug-likeness (QED) is 0.684. The zero-order valence-electron chi connectivity index (χ0n) is 16.6. The van der Waals surface area contributed by atoms with Crippen molar-refractivity contribution in [2.45, 2.75) is 37.0 Å². The van der Waals surface area contributed by atoms with Gasteiger partial charge in [0, 0.05) is 19.0 Å². The molecule has 1 heterocycles. The van der Waals surface area contributed by atoms with Gasteiger partial charge in [0.1, 0.15) is 6.04 Å². The van der Waals surface area contributed by atoms with Crippen molar-refractivity contribution in [2.24, 2.45) is 0 Å². The van der Waals surface area contributed by atoms with Gasteiger partial charge in [0.25, 0.3) is 0 Å². The lowest BCUT2D eigenvalue weighted by Crippen LogP contribution is -2.46. The fourth-order valence-electron chi connectivity index (χ4n) is 3.79. The molecule has 7 heteroatoms. The van der Waals surface area contributed by atoms with E-state index < -0.39 is 29.1 Å². The van der Waals surface area contributed by atoms with E-state index in [2.05, 4.69) is 0 Å². The van der Waals surface area contributed by atoms with Crippen molar-refractivity contribution in [3.8, 4) is 0 Å². The lowest BCUT2D eigenvalue weighted by molar-refractivity contribution is -0.148. The smallest absolute Gasteiger partial charge is 0.326 e. The SMILES string of the molecule is CC(=O)S[C@H](C(=O)c1ccccc1)[C@@H](C(=O)N1CCC[C@H]1C(=O)O)c1ccccc1. The highest BCUT2D eigenvalue weighted by atomic mass is 32.2. The predicted octanol–water partition coefficient (Wildman–Crippen LogP) is 3.38. The van der Waals surface area contributed by atoms with Crippen LogP contribution in [0.5, 0.6) is 0 Å². The molecule has 2 aromatic rings. The first-order valence-electron chi connectivity index (χ1n) is 9.75. The summed E-state index contributed by atoms with van der Waals surface area (Å²) < 4.78 is 0. The van der Waals surface area contributed by atoms with Gasteiger partial charge in [0.15, 0.2) is 10.9 Å². The number of carbonyl (C=O) groups excluding carboxylic acids is 3. The second-order valence-electron chi connectivity index (χ2n) is 7.18. The number of hydrogen-bond donors (Lipinski definition) is 1. The standard InChI is InChI=1S/C23H23NO5S/c1-15(25)30-21(20(26)17-11-6-3-7-12-17)19(16-9-4-2-5-10-16)22(27)24-14-8-13-18(24)23(28)29/h2-7,9-12,18-19,21H,8,13-14H2,1H3,(H,28,29)/t18-,19-,21-/m0/s1. The maximum Gasteiger partial charge on any atom is 0.326 e. The van der Waals surface area contributed by atoms with Crippen LogP contribution >= 0.6 is 11.8 Å². The largest absolute Gasteiger partial charge is 0.480 e. The Bertz CT molecular complexity index is 931. The van der Waals surface area contributed by atoms with Crippen LogP contribution in [0.3, 0.4) is 0 Å². The number of thioether (sulfide) groups is 1. The Balaban J connectivity index is 2.06. The lowest BCUT2D eigenvalue weighted by Gasteiger charge is -2.31. The molecule has 30 heavy (non-hydrogen) atoms. The van der Waals surface area contributed by atoms with Gasteiger partial charge >= 0.3 is 5.97 Å². The highest BCUT2D eigenvalue weighted by Crippen LogP contribution is 2.35. The zero-order chi connectivity index (χ0) is 21.7. The number of ketones is 1. The summed E-state index contributed by atoms with van der Waals surface area (Å²) in [6.07, 6.45) is 0.959. The van der Waals surface area contributed by atoms with Crippen molar-refractivity contribution in [3.63, 3.8) is 0 Å². The number of rotatable bonds is 7. The zero-order valence-corrected chi connectivity index (χ0v) is 17.4. The first kappa shape index (κ1) is 21.8. The Labute approximate surface area is 179 Å². The highest BCUT2D eigenvalue weighted by molar-refractivity contribution is 8.14. The van der Waals surface area contributed by atoms with Crippen molar-refractivity contribution in [1.29, 1.82) is 0 Å². The molecule has 156 valence electrons. The molecule has 0 radical (unpaired) electrons. The second kappa shape index (κ2) is 9.71. The highest BCUT2D eigenvalue weighted by Gasteiger charge is 2.43. The van der Waals surface area contributed by atoms with E-state index in [1.807, 2.05) is 0 Å². The van der Waals surface area contributed by atoms with Crippen LogP contribution in [0, 0.1) is 0 Å². The minimum atomic E-state index is -1.06. The van der Waals surface area contributed by atoms with E-state index in [1.165, 1.54) is 11.8 Å². The van der Waals surface area contributed by atoms with E-state index in [0.717, 1.165) is 11.8 Å². The van der Waals surface area contributed by atoms with E-state index in [-0.39, 0.29) is 10.9 Å². The Hall–Kier alpha value is -2.93. The monoisotopic (exact) mass is 425 g/mol. The molecule has 1 amide bonds. The van der Waals surface area contributed by atoms with Gasteiger partial charge in [0.05, 0.1) is 11.2 Å². The number of hydrogen-bond acceptors (Lipinski definition) is 5. The number of carbonyl (C=O) groups is 4. The van der Waals surface area contributed by atoms with Gasteiger partial charge in [-0.1, -0.05) is 72.4 Å². The number of benzene rings is 2. The summed E-state index contributed by atoms with van der Waals surface area (Å²) in [4.78, 5) is 52.0. The molecular weight excluding hydrogens is 402 g/mol. The number of Topliss-reactive ketones (excluding diaryl/α,β-unsaturated/α-hetero) is 1. The third-order valence-corrected chi connectivity index (χ3v) is 6.23. The molecule has 1 aliphatic rings. The summed E-state index contributed by atoms with van der Waals surface area (Å²) in [5.41, 5.74) is 0.989. The van der Waals surface area contributed by atoms with E-state index >= 15 is 0 Å². The fraction of sp³-hybridized carbons (Fsp3) is 0.304. The molecule has 1 fully saturated rings. The summed E-state index contributed by atoms with van der Waals surface area (Å²) >= 11 is 0.819. The molecule has 0 bridgehead atoms. The van der Waals surface area contributed by atoms with Crippen LogP contribution < -0.4 is 0 Å². The summed E-state index contributed by atoms with van der Waals surface area (Å²) in [5.74, 6) is -2.79. The van der Waals surface area contributed by atoms with E-state index in [4.69, 9.17) is 0 Å². The van der Waals surface area contributed by atoms with E-state index in [9.17, 15) is 24.3 Å². The molecule has 0 aliphatic carbocycles. The van der Waals surface area contributed by atoms with Gasteiger partial charge in [-0.2, -0.15) is 0 Å². The molecule has 6 nitrogen and oxygen atoms in total. The van der Waals surface area contributed by atoms with Crippen LogP contribution in [-0.2, 0) is 14.4 Å². The second-order valence-corrected chi connectivity index (χ2v) is 8.50. The fourth-order valence-corrected chi connectivity index (χ4v) is 4.80. The summed E-state index contributed by atoms with van der Waals surface area (Å²) in [6, 6.07) is 16.4. The maximum absolute atomic E-state index is 13.6. The first-order valence-corrected chi connectivity index (χ1v) is 10.6. The van der Waals surface area contributed by atoms with Crippen LogP contribution in [-0.4, -0.2) is 50.6 Å². The molecule has 0 aromatic heterocycles. The van der Waals surface area contributed by atoms with Gasteiger partial charge < -0.3 is 10.0 Å². The Kier molecular flexibility index (Phi) is 7.05. The van der Waals surface area contributed by atoms with Crippen molar-refractivity contribution >= 4 is 34.5 Å². The van der Waals surface area contributed by atoms with Crippen LogP contribution in [0.2, 0.25) is 0 Å². The number of amides is 1. The molecule has 0 saturated carbocycles. The molecule has 1 saturated heterocycles. The number of aliphatic carboxylic acids is 1. The van der Waals surface area contributed by atoms with Crippen molar-refractivity contribution in [1.82, 2.24) is 4.90 Å². The van der Waals surface area contributed by atoms with Crippen LogP contribution in [0.4, 0.5) is 0 Å². The number of carboxylic acid groups (broad SMARTS) is 1. The lowest BCUT2D eigenvalue weighted by atomic mass is 9.89. The molecule has 2 aromatic carbocycles. The van der Waals surface area contributed by atoms with E-state index in [0.29, 0.717) is 30.5 Å². The van der Waals surface area contributed by atoms with Crippen LogP contribution in [0.25, 0.3) is 0 Å². The molecule has 0 spiro atoms.